The van der Waals surface area contributed by atoms with Gasteiger partial charge in [0.1, 0.15) is 0 Å². The molecular weight excluding hydrogens is 388 g/mol. The number of aromatic amines is 1. The molecule has 2 N–H and O–H groups in total. The molecule has 8 heteroatoms. The number of aromatic nitrogens is 3. The van der Waals surface area contributed by atoms with E-state index in [0.717, 1.165) is 19.9 Å². The maximum atomic E-state index is 12.7. The Morgan fingerprint density at radius 3 is 2.79 bits per heavy atom. The molecule has 4 aromatic rings. The van der Waals surface area contributed by atoms with E-state index in [1.165, 1.54) is 12.1 Å². The molecule has 0 aliphatic rings. The molecule has 0 saturated heterocycles. The monoisotopic (exact) mass is 406 g/mol. The summed E-state index contributed by atoms with van der Waals surface area (Å²) in [5.74, 6) is -0.258. The topological polar surface area (TPSA) is 96.8 Å². The van der Waals surface area contributed by atoms with Crippen LogP contribution >= 0.6 is 11.3 Å². The number of amides is 1. The summed E-state index contributed by atoms with van der Waals surface area (Å²) < 4.78 is 2.24. The van der Waals surface area contributed by atoms with Crippen molar-refractivity contribution in [1.29, 1.82) is 0 Å². The maximum absolute atomic E-state index is 12.7. The van der Waals surface area contributed by atoms with Crippen LogP contribution in [-0.4, -0.2) is 26.7 Å². The molecular formula is C21H18N4O3S. The lowest BCUT2D eigenvalue weighted by Gasteiger charge is -2.13. The Balaban J connectivity index is 1.50. The molecule has 0 aliphatic carbocycles. The Hall–Kier alpha value is -3.52. The molecule has 2 aromatic heterocycles. The predicted octanol–water partition coefficient (Wildman–Crippen LogP) is 2.50. The first kappa shape index (κ1) is 18.8. The molecule has 0 radical (unpaired) electrons. The minimum absolute atomic E-state index is 0.119. The summed E-state index contributed by atoms with van der Waals surface area (Å²) >= 11 is 1.62. The second kappa shape index (κ2) is 7.84. The zero-order chi connectivity index (χ0) is 20.4. The number of thiazole rings is 1. The molecule has 0 fully saturated rings. The van der Waals surface area contributed by atoms with Gasteiger partial charge in [-0.3, -0.25) is 19.5 Å². The van der Waals surface area contributed by atoms with Gasteiger partial charge < -0.3 is 5.32 Å². The van der Waals surface area contributed by atoms with Crippen molar-refractivity contribution in [3.63, 3.8) is 0 Å². The molecule has 1 atom stereocenters. The van der Waals surface area contributed by atoms with E-state index in [-0.39, 0.29) is 17.5 Å². The fourth-order valence-electron chi connectivity index (χ4n) is 3.03. The summed E-state index contributed by atoms with van der Waals surface area (Å²) in [7, 11) is 0. The van der Waals surface area contributed by atoms with E-state index in [9.17, 15) is 14.4 Å². The molecule has 7 nitrogen and oxygen atoms in total. The van der Waals surface area contributed by atoms with Crippen LogP contribution in [0.15, 0.2) is 70.3 Å². The third-order valence-electron chi connectivity index (χ3n) is 4.38. The van der Waals surface area contributed by atoms with E-state index >= 15 is 0 Å². The van der Waals surface area contributed by atoms with E-state index in [1.807, 2.05) is 31.2 Å². The van der Waals surface area contributed by atoms with Gasteiger partial charge in [-0.05, 0) is 37.3 Å². The van der Waals surface area contributed by atoms with Crippen molar-refractivity contribution in [2.45, 2.75) is 19.4 Å². The van der Waals surface area contributed by atoms with Gasteiger partial charge >= 0.3 is 0 Å². The molecule has 29 heavy (non-hydrogen) atoms. The lowest BCUT2D eigenvalue weighted by molar-refractivity contribution is 0.0940. The lowest BCUT2D eigenvalue weighted by Crippen LogP contribution is -2.34. The van der Waals surface area contributed by atoms with Crippen molar-refractivity contribution in [1.82, 2.24) is 20.1 Å². The number of rotatable bonds is 5. The van der Waals surface area contributed by atoms with Crippen LogP contribution in [0.5, 0.6) is 0 Å². The highest BCUT2D eigenvalue weighted by Gasteiger charge is 2.14. The SMILES string of the molecule is CC(Cc1nc2ccccc2s1)NC(=O)c1cccc(-n2[nH]c(=O)ccc2=O)c1. The zero-order valence-corrected chi connectivity index (χ0v) is 16.4. The highest BCUT2D eigenvalue weighted by Crippen LogP contribution is 2.22. The third-order valence-corrected chi connectivity index (χ3v) is 5.44. The Kier molecular flexibility index (Phi) is 5.09. The quantitative estimate of drug-likeness (QED) is 0.532. The number of hydrogen-bond donors (Lipinski definition) is 2. The van der Waals surface area contributed by atoms with Crippen LogP contribution in [-0.2, 0) is 6.42 Å². The van der Waals surface area contributed by atoms with Crippen molar-refractivity contribution in [3.05, 3.63) is 91.9 Å². The largest absolute Gasteiger partial charge is 0.349 e. The Morgan fingerprint density at radius 1 is 1.14 bits per heavy atom. The van der Waals surface area contributed by atoms with Gasteiger partial charge in [-0.2, -0.15) is 0 Å². The van der Waals surface area contributed by atoms with E-state index in [1.54, 1.807) is 35.6 Å². The van der Waals surface area contributed by atoms with Gasteiger partial charge in [0.15, 0.2) is 0 Å². The van der Waals surface area contributed by atoms with Crippen LogP contribution in [0.1, 0.15) is 22.3 Å². The molecule has 0 bridgehead atoms. The number of benzene rings is 2. The summed E-state index contributed by atoms with van der Waals surface area (Å²) in [5, 5.41) is 6.38. The van der Waals surface area contributed by atoms with Crippen molar-refractivity contribution in [2.75, 3.05) is 0 Å². The third kappa shape index (κ3) is 4.17. The van der Waals surface area contributed by atoms with Gasteiger partial charge in [-0.15, -0.1) is 11.3 Å². The standard InChI is InChI=1S/C21H18N4O3S/c1-13(11-19-23-16-7-2-3-8-17(16)29-19)22-21(28)14-5-4-6-15(12-14)25-20(27)10-9-18(26)24-25/h2-10,12-13H,11H2,1H3,(H,22,28)(H,24,26). The number of nitrogens with one attached hydrogen (secondary N) is 2. The van der Waals surface area contributed by atoms with Crippen LogP contribution in [0.2, 0.25) is 0 Å². The average Bonchev–Trinajstić information content (AvgIpc) is 3.12. The smallest absolute Gasteiger partial charge is 0.269 e. The fraction of sp³-hybridized carbons (Fsp3) is 0.143. The van der Waals surface area contributed by atoms with E-state index < -0.39 is 5.56 Å². The lowest BCUT2D eigenvalue weighted by atomic mass is 10.1. The Morgan fingerprint density at radius 2 is 1.97 bits per heavy atom. The number of H-pyrrole nitrogens is 1. The fourth-order valence-corrected chi connectivity index (χ4v) is 4.13. The molecule has 1 unspecified atom stereocenters. The zero-order valence-electron chi connectivity index (χ0n) is 15.6. The Labute approximate surface area is 169 Å². The van der Waals surface area contributed by atoms with Gasteiger partial charge in [0.05, 0.1) is 20.9 Å². The predicted molar refractivity (Wildman–Crippen MR) is 113 cm³/mol. The van der Waals surface area contributed by atoms with Crippen molar-refractivity contribution >= 4 is 27.5 Å². The molecule has 0 spiro atoms. The van der Waals surface area contributed by atoms with Gasteiger partial charge in [0.2, 0.25) is 0 Å². The second-order valence-corrected chi connectivity index (χ2v) is 7.80. The van der Waals surface area contributed by atoms with E-state index in [2.05, 4.69) is 15.4 Å². The minimum Gasteiger partial charge on any atom is -0.349 e. The van der Waals surface area contributed by atoms with E-state index in [4.69, 9.17) is 0 Å². The van der Waals surface area contributed by atoms with Gasteiger partial charge in [-0.1, -0.05) is 18.2 Å². The highest BCUT2D eigenvalue weighted by atomic mass is 32.1. The van der Waals surface area contributed by atoms with Gasteiger partial charge in [0.25, 0.3) is 17.0 Å². The van der Waals surface area contributed by atoms with Crippen LogP contribution in [0.25, 0.3) is 15.9 Å². The number of hydrogen-bond acceptors (Lipinski definition) is 5. The minimum atomic E-state index is -0.399. The number of carbonyl (C=O) groups is 1. The molecule has 2 aromatic carbocycles. The summed E-state index contributed by atoms with van der Waals surface area (Å²) in [6.45, 7) is 1.92. The van der Waals surface area contributed by atoms with Gasteiger partial charge in [-0.25, -0.2) is 9.67 Å². The van der Waals surface area contributed by atoms with Crippen LogP contribution in [0.3, 0.4) is 0 Å². The first-order valence-electron chi connectivity index (χ1n) is 9.08. The molecule has 2 heterocycles. The highest BCUT2D eigenvalue weighted by molar-refractivity contribution is 7.18. The van der Waals surface area contributed by atoms with Crippen LogP contribution in [0, 0.1) is 0 Å². The first-order chi connectivity index (χ1) is 14.0. The summed E-state index contributed by atoms with van der Waals surface area (Å²) in [5.41, 5.74) is 0.991. The normalized spacial score (nSPS) is 12.0. The Bertz CT molecular complexity index is 1270. The molecule has 1 amide bonds. The summed E-state index contributed by atoms with van der Waals surface area (Å²) in [6, 6.07) is 16.7. The number of nitrogens with zero attached hydrogens (tertiary/aromatic N) is 2. The average molecular weight is 406 g/mol. The number of para-hydroxylation sites is 1. The summed E-state index contributed by atoms with van der Waals surface area (Å²) in [4.78, 5) is 40.8. The van der Waals surface area contributed by atoms with Gasteiger partial charge in [0, 0.05) is 30.2 Å². The first-order valence-corrected chi connectivity index (χ1v) is 9.89. The molecule has 0 saturated carbocycles. The number of carbonyl (C=O) groups excluding carboxylic acids is 1. The molecule has 0 aliphatic heterocycles. The summed E-state index contributed by atoms with van der Waals surface area (Å²) in [6.07, 6.45) is 0.621. The number of fused-ring (bicyclic) bond motifs is 1. The van der Waals surface area contributed by atoms with Crippen molar-refractivity contribution in [3.8, 4) is 5.69 Å². The van der Waals surface area contributed by atoms with Crippen LogP contribution in [0.4, 0.5) is 0 Å². The van der Waals surface area contributed by atoms with E-state index in [0.29, 0.717) is 17.7 Å². The van der Waals surface area contributed by atoms with Crippen LogP contribution < -0.4 is 16.4 Å². The molecule has 4 rings (SSSR count). The molecule has 146 valence electrons. The second-order valence-electron chi connectivity index (χ2n) is 6.69. The maximum Gasteiger partial charge on any atom is 0.269 e. The van der Waals surface area contributed by atoms with Crippen molar-refractivity contribution < 1.29 is 4.79 Å². The van der Waals surface area contributed by atoms with Crippen molar-refractivity contribution in [2.24, 2.45) is 0 Å².